The molecule has 8 heavy (non-hydrogen) atoms. The number of hydrogen-bond acceptors (Lipinski definition) is 1. The lowest BCUT2D eigenvalue weighted by Crippen LogP contribution is -1.94. The Morgan fingerprint density at radius 3 is 2.62 bits per heavy atom. The SMILES string of the molecule is CC1=CC(=O)CC1Cl. The first-order valence-electron chi connectivity index (χ1n) is 2.55. The first kappa shape index (κ1) is 5.83. The van der Waals surface area contributed by atoms with Crippen LogP contribution in [-0.2, 0) is 4.79 Å². The Morgan fingerprint density at radius 2 is 2.50 bits per heavy atom. The molecule has 2 heteroatoms. The van der Waals surface area contributed by atoms with Gasteiger partial charge < -0.3 is 0 Å². The van der Waals surface area contributed by atoms with Crippen molar-refractivity contribution in [2.75, 3.05) is 0 Å². The Labute approximate surface area is 53.3 Å². The molecule has 0 heterocycles. The first-order chi connectivity index (χ1) is 3.70. The van der Waals surface area contributed by atoms with Crippen molar-refractivity contribution >= 4 is 17.4 Å². The minimum Gasteiger partial charge on any atom is -0.295 e. The topological polar surface area (TPSA) is 17.1 Å². The molecule has 0 bridgehead atoms. The molecule has 0 spiro atoms. The van der Waals surface area contributed by atoms with Gasteiger partial charge in [0.25, 0.3) is 0 Å². The molecule has 1 aliphatic carbocycles. The third-order valence-electron chi connectivity index (χ3n) is 1.26. The van der Waals surface area contributed by atoms with Gasteiger partial charge in [-0.05, 0) is 13.0 Å². The van der Waals surface area contributed by atoms with Gasteiger partial charge in [0.15, 0.2) is 5.78 Å². The Kier molecular flexibility index (Phi) is 1.39. The molecule has 1 unspecified atom stereocenters. The summed E-state index contributed by atoms with van der Waals surface area (Å²) in [4.78, 5) is 10.5. The molecule has 0 fully saturated rings. The van der Waals surface area contributed by atoms with E-state index in [9.17, 15) is 4.79 Å². The normalized spacial score (nSPS) is 28.5. The van der Waals surface area contributed by atoms with E-state index in [1.807, 2.05) is 6.92 Å². The average Bonchev–Trinajstić information content (AvgIpc) is 1.85. The summed E-state index contributed by atoms with van der Waals surface area (Å²) in [6, 6.07) is 0. The number of rotatable bonds is 0. The van der Waals surface area contributed by atoms with Gasteiger partial charge in [-0.1, -0.05) is 5.57 Å². The Bertz CT molecular complexity index is 149. The molecule has 1 rings (SSSR count). The van der Waals surface area contributed by atoms with Gasteiger partial charge in [-0.2, -0.15) is 0 Å². The van der Waals surface area contributed by atoms with Crippen LogP contribution in [0.2, 0.25) is 0 Å². The van der Waals surface area contributed by atoms with Crippen molar-refractivity contribution in [3.05, 3.63) is 11.6 Å². The number of halogens is 1. The van der Waals surface area contributed by atoms with Crippen LogP contribution in [0.25, 0.3) is 0 Å². The van der Waals surface area contributed by atoms with Gasteiger partial charge in [0, 0.05) is 6.42 Å². The van der Waals surface area contributed by atoms with Crippen LogP contribution >= 0.6 is 11.6 Å². The molecule has 0 saturated heterocycles. The Hall–Kier alpha value is -0.300. The van der Waals surface area contributed by atoms with Crippen molar-refractivity contribution in [2.45, 2.75) is 18.7 Å². The minimum atomic E-state index is -0.0255. The van der Waals surface area contributed by atoms with Gasteiger partial charge >= 0.3 is 0 Å². The largest absolute Gasteiger partial charge is 0.295 e. The fourth-order valence-electron chi connectivity index (χ4n) is 0.741. The molecule has 0 aromatic heterocycles. The molecule has 0 aliphatic heterocycles. The van der Waals surface area contributed by atoms with Crippen LogP contribution in [0.5, 0.6) is 0 Å². The predicted octanol–water partition coefficient (Wildman–Crippen LogP) is 1.51. The van der Waals surface area contributed by atoms with E-state index in [1.165, 1.54) is 0 Å². The number of carbonyl (C=O) groups excluding carboxylic acids is 1. The molecule has 1 atom stereocenters. The van der Waals surface area contributed by atoms with Gasteiger partial charge in [-0.15, -0.1) is 11.6 Å². The summed E-state index contributed by atoms with van der Waals surface area (Å²) in [5.74, 6) is 0.155. The summed E-state index contributed by atoms with van der Waals surface area (Å²) in [6.45, 7) is 1.88. The highest BCUT2D eigenvalue weighted by atomic mass is 35.5. The second kappa shape index (κ2) is 1.90. The number of allylic oxidation sites excluding steroid dienone is 2. The zero-order valence-corrected chi connectivity index (χ0v) is 5.40. The lowest BCUT2D eigenvalue weighted by Gasteiger charge is -1.94. The van der Waals surface area contributed by atoms with Gasteiger partial charge in [-0.3, -0.25) is 4.79 Å². The highest BCUT2D eigenvalue weighted by Crippen LogP contribution is 2.20. The van der Waals surface area contributed by atoms with Crippen molar-refractivity contribution < 1.29 is 4.79 Å². The van der Waals surface area contributed by atoms with Crippen molar-refractivity contribution in [1.82, 2.24) is 0 Å². The van der Waals surface area contributed by atoms with Crippen molar-refractivity contribution in [2.24, 2.45) is 0 Å². The predicted molar refractivity (Wildman–Crippen MR) is 33.0 cm³/mol. The number of hydrogen-bond donors (Lipinski definition) is 0. The van der Waals surface area contributed by atoms with Crippen LogP contribution in [0.15, 0.2) is 11.6 Å². The molecule has 1 nitrogen and oxygen atoms in total. The summed E-state index contributed by atoms with van der Waals surface area (Å²) < 4.78 is 0. The monoisotopic (exact) mass is 130 g/mol. The van der Waals surface area contributed by atoms with E-state index in [0.29, 0.717) is 6.42 Å². The molecule has 0 aromatic carbocycles. The minimum absolute atomic E-state index is 0.0255. The summed E-state index contributed by atoms with van der Waals surface area (Å²) in [5, 5.41) is -0.0255. The van der Waals surface area contributed by atoms with Crippen LogP contribution < -0.4 is 0 Å². The van der Waals surface area contributed by atoms with Gasteiger partial charge in [-0.25, -0.2) is 0 Å². The number of carbonyl (C=O) groups is 1. The van der Waals surface area contributed by atoms with Crippen LogP contribution in [-0.4, -0.2) is 11.2 Å². The van der Waals surface area contributed by atoms with Gasteiger partial charge in [0.1, 0.15) is 0 Å². The van der Waals surface area contributed by atoms with E-state index in [-0.39, 0.29) is 11.2 Å². The Balaban J connectivity index is 2.73. The number of ketones is 1. The highest BCUT2D eigenvalue weighted by molar-refractivity contribution is 6.25. The summed E-state index contributed by atoms with van der Waals surface area (Å²) in [5.41, 5.74) is 0.997. The van der Waals surface area contributed by atoms with E-state index in [0.717, 1.165) is 5.57 Å². The molecule has 0 aromatic rings. The zero-order chi connectivity index (χ0) is 6.15. The molecular formula is C6H7ClO. The zero-order valence-electron chi connectivity index (χ0n) is 4.65. The molecule has 1 aliphatic rings. The van der Waals surface area contributed by atoms with Crippen LogP contribution in [0.4, 0.5) is 0 Å². The molecular weight excluding hydrogens is 124 g/mol. The van der Waals surface area contributed by atoms with E-state index >= 15 is 0 Å². The third-order valence-corrected chi connectivity index (χ3v) is 1.76. The maximum atomic E-state index is 10.5. The fraction of sp³-hybridized carbons (Fsp3) is 0.500. The maximum Gasteiger partial charge on any atom is 0.157 e. The van der Waals surface area contributed by atoms with E-state index in [4.69, 9.17) is 11.6 Å². The molecule has 44 valence electrons. The summed E-state index contributed by atoms with van der Waals surface area (Å²) in [7, 11) is 0. The second-order valence-electron chi connectivity index (χ2n) is 2.03. The highest BCUT2D eigenvalue weighted by Gasteiger charge is 2.18. The fourth-order valence-corrected chi connectivity index (χ4v) is 0.956. The van der Waals surface area contributed by atoms with Crippen LogP contribution in [0, 0.1) is 0 Å². The molecule has 0 N–H and O–H groups in total. The summed E-state index contributed by atoms with van der Waals surface area (Å²) in [6.07, 6.45) is 2.10. The molecule has 0 amide bonds. The molecule has 0 saturated carbocycles. The van der Waals surface area contributed by atoms with Crippen molar-refractivity contribution in [3.8, 4) is 0 Å². The van der Waals surface area contributed by atoms with Crippen molar-refractivity contribution in [1.29, 1.82) is 0 Å². The summed E-state index contributed by atoms with van der Waals surface area (Å²) >= 11 is 5.67. The Morgan fingerprint density at radius 1 is 1.88 bits per heavy atom. The van der Waals surface area contributed by atoms with Gasteiger partial charge in [0.2, 0.25) is 0 Å². The molecule has 0 radical (unpaired) electrons. The lowest BCUT2D eigenvalue weighted by atomic mass is 10.3. The first-order valence-corrected chi connectivity index (χ1v) is 2.99. The lowest BCUT2D eigenvalue weighted by molar-refractivity contribution is -0.113. The van der Waals surface area contributed by atoms with Crippen molar-refractivity contribution in [3.63, 3.8) is 0 Å². The second-order valence-corrected chi connectivity index (χ2v) is 2.55. The van der Waals surface area contributed by atoms with Gasteiger partial charge in [0.05, 0.1) is 5.38 Å². The average molecular weight is 131 g/mol. The van der Waals surface area contributed by atoms with Crippen LogP contribution in [0.3, 0.4) is 0 Å². The third kappa shape index (κ3) is 0.920. The van der Waals surface area contributed by atoms with E-state index < -0.39 is 0 Å². The van der Waals surface area contributed by atoms with Crippen LogP contribution in [0.1, 0.15) is 13.3 Å². The maximum absolute atomic E-state index is 10.5. The quantitative estimate of drug-likeness (QED) is 0.455. The number of alkyl halides is 1. The smallest absolute Gasteiger partial charge is 0.157 e. The standard InChI is InChI=1S/C6H7ClO/c1-4-2-5(8)3-6(4)7/h2,6H,3H2,1H3. The van der Waals surface area contributed by atoms with E-state index in [2.05, 4.69) is 0 Å². The van der Waals surface area contributed by atoms with E-state index in [1.54, 1.807) is 6.08 Å².